The number of fused-ring (bicyclic) bond motifs is 1. The van der Waals surface area contributed by atoms with Crippen molar-refractivity contribution in [2.45, 2.75) is 24.8 Å². The zero-order valence-electron chi connectivity index (χ0n) is 15.1. The minimum atomic E-state index is -4.64. The Morgan fingerprint density at radius 2 is 2.03 bits per heavy atom. The molecular weight excluding hydrogens is 462 g/mol. The first kappa shape index (κ1) is 21.3. The van der Waals surface area contributed by atoms with Crippen molar-refractivity contribution in [2.24, 2.45) is 0 Å². The summed E-state index contributed by atoms with van der Waals surface area (Å²) in [6.07, 6.45) is 1.59. The molecule has 158 valence electrons. The van der Waals surface area contributed by atoms with E-state index in [0.29, 0.717) is 16.7 Å². The van der Waals surface area contributed by atoms with Crippen LogP contribution in [0.15, 0.2) is 48.3 Å². The summed E-state index contributed by atoms with van der Waals surface area (Å²) in [5.74, 6) is -0.518. The van der Waals surface area contributed by atoms with E-state index in [0.717, 1.165) is 22.1 Å². The molecule has 1 fully saturated rings. The number of hydrogen-bond acceptors (Lipinski definition) is 6. The van der Waals surface area contributed by atoms with Crippen LogP contribution in [0, 0.1) is 0 Å². The normalized spacial score (nSPS) is 22.3. The van der Waals surface area contributed by atoms with E-state index >= 15 is 0 Å². The number of thiazole rings is 1. The number of carbonyl (C=O) groups is 1. The van der Waals surface area contributed by atoms with Crippen molar-refractivity contribution >= 4 is 40.3 Å². The number of rotatable bonds is 3. The van der Waals surface area contributed by atoms with E-state index < -0.39 is 29.7 Å². The van der Waals surface area contributed by atoms with Gasteiger partial charge in [0, 0.05) is 29.1 Å². The fourth-order valence-corrected chi connectivity index (χ4v) is 4.86. The van der Waals surface area contributed by atoms with Gasteiger partial charge in [-0.15, -0.1) is 11.3 Å². The molecule has 2 unspecified atom stereocenters. The van der Waals surface area contributed by atoms with Gasteiger partial charge in [0.15, 0.2) is 4.47 Å². The second kappa shape index (κ2) is 7.97. The molecule has 5 nitrogen and oxygen atoms in total. The van der Waals surface area contributed by atoms with Crippen LogP contribution in [0.25, 0.3) is 0 Å². The predicted molar refractivity (Wildman–Crippen MR) is 106 cm³/mol. The van der Waals surface area contributed by atoms with Gasteiger partial charge in [-0.05, 0) is 29.8 Å². The van der Waals surface area contributed by atoms with Crippen molar-refractivity contribution in [2.75, 3.05) is 6.54 Å². The molecule has 0 aliphatic carbocycles. The Hall–Kier alpha value is -1.91. The largest absolute Gasteiger partial charge is 0.416 e. The summed E-state index contributed by atoms with van der Waals surface area (Å²) in [6.45, 7) is 0.363. The molecule has 30 heavy (non-hydrogen) atoms. The van der Waals surface area contributed by atoms with Crippen molar-refractivity contribution in [1.29, 1.82) is 0 Å². The molecule has 0 saturated carbocycles. The number of hydroxylamine groups is 2. The second-order valence-corrected chi connectivity index (χ2v) is 8.95. The molecule has 1 N–H and O–H groups in total. The van der Waals surface area contributed by atoms with E-state index in [9.17, 15) is 23.2 Å². The fraction of sp³-hybridized carbons (Fsp3) is 0.263. The van der Waals surface area contributed by atoms with Crippen LogP contribution in [0.3, 0.4) is 0 Å². The molecule has 0 amide bonds. The monoisotopic (exact) mass is 475 g/mol. The minimum absolute atomic E-state index is 0.0373. The van der Waals surface area contributed by atoms with Crippen LogP contribution in [0.4, 0.5) is 13.2 Å². The lowest BCUT2D eigenvalue weighted by Crippen LogP contribution is -2.57. The van der Waals surface area contributed by atoms with Gasteiger partial charge in [-0.2, -0.15) is 18.2 Å². The summed E-state index contributed by atoms with van der Waals surface area (Å²) in [5.41, 5.74) is -0.719. The molecule has 2 atom stereocenters. The quantitative estimate of drug-likeness (QED) is 0.668. The van der Waals surface area contributed by atoms with Crippen molar-refractivity contribution in [3.05, 3.63) is 73.8 Å². The molecule has 0 bridgehead atoms. The lowest BCUT2D eigenvalue weighted by Gasteiger charge is -2.46. The van der Waals surface area contributed by atoms with Gasteiger partial charge in [0.05, 0.1) is 11.3 Å². The van der Waals surface area contributed by atoms with E-state index in [1.807, 2.05) is 6.08 Å². The molecule has 0 spiro atoms. The summed E-state index contributed by atoms with van der Waals surface area (Å²) >= 11 is 13.0. The first-order chi connectivity index (χ1) is 14.1. The predicted octanol–water partition coefficient (Wildman–Crippen LogP) is 5.11. The summed E-state index contributed by atoms with van der Waals surface area (Å²) in [5, 5.41) is 11.6. The Labute approximate surface area is 183 Å². The summed E-state index contributed by atoms with van der Waals surface area (Å²) in [7, 11) is 0. The maximum absolute atomic E-state index is 13.3. The molecule has 4 rings (SSSR count). The number of carbonyl (C=O) groups excluding carboxylic acids is 1. The number of ketones is 1. The number of Topliss-reactive ketones (excluding diaryl/α,β-unsaturated/α-hetero) is 1. The van der Waals surface area contributed by atoms with Crippen molar-refractivity contribution in [3.8, 4) is 0 Å². The highest BCUT2D eigenvalue weighted by molar-refractivity contribution is 7.15. The lowest BCUT2D eigenvalue weighted by molar-refractivity contribution is -0.209. The summed E-state index contributed by atoms with van der Waals surface area (Å²) in [6, 6.07) is 1.55. The molecule has 3 heterocycles. The number of alkyl halides is 3. The van der Waals surface area contributed by atoms with Gasteiger partial charge < -0.3 is 10.1 Å². The molecule has 2 aromatic rings. The zero-order valence-corrected chi connectivity index (χ0v) is 17.4. The van der Waals surface area contributed by atoms with Crippen LogP contribution in [0.1, 0.15) is 22.0 Å². The highest BCUT2D eigenvalue weighted by Crippen LogP contribution is 2.40. The van der Waals surface area contributed by atoms with Gasteiger partial charge in [-0.3, -0.25) is 4.79 Å². The van der Waals surface area contributed by atoms with Crippen LogP contribution >= 0.6 is 34.5 Å². The third kappa shape index (κ3) is 4.00. The van der Waals surface area contributed by atoms with E-state index in [-0.39, 0.29) is 17.0 Å². The van der Waals surface area contributed by atoms with Crippen molar-refractivity contribution in [1.82, 2.24) is 14.9 Å². The molecule has 1 saturated heterocycles. The molecule has 2 aliphatic rings. The highest BCUT2D eigenvalue weighted by Gasteiger charge is 2.45. The molecule has 1 aromatic carbocycles. The Bertz CT molecular complexity index is 1050. The first-order valence-electron chi connectivity index (χ1n) is 8.78. The topological polar surface area (TPSA) is 56.7 Å². The van der Waals surface area contributed by atoms with Crippen LogP contribution in [0.5, 0.6) is 0 Å². The zero-order chi connectivity index (χ0) is 21.6. The van der Waals surface area contributed by atoms with E-state index in [4.69, 9.17) is 23.2 Å². The number of allylic oxidation sites excluding steroid dienone is 2. The van der Waals surface area contributed by atoms with E-state index in [2.05, 4.69) is 4.98 Å². The van der Waals surface area contributed by atoms with Gasteiger partial charge in [0.1, 0.15) is 12.2 Å². The number of benzene rings is 1. The Kier molecular flexibility index (Phi) is 5.67. The standard InChI is InChI=1S/C19H14Cl2F3N3O2S/c20-12-6-10(5-11(7-12)19(22,23)24)16-17(28)14-3-1-2-4-26(14)15(27(16)29)8-13-9-25-18(21)30-13/h1-3,5-7,9,15-16,29H,4,8H2. The van der Waals surface area contributed by atoms with Crippen LogP contribution < -0.4 is 0 Å². The third-order valence-corrected chi connectivity index (χ3v) is 6.26. The molecule has 0 radical (unpaired) electrons. The summed E-state index contributed by atoms with van der Waals surface area (Å²) < 4.78 is 40.2. The molecule has 11 heteroatoms. The van der Waals surface area contributed by atoms with E-state index in [1.165, 1.54) is 17.4 Å². The molecule has 2 aliphatic heterocycles. The van der Waals surface area contributed by atoms with Gasteiger partial charge in [-0.25, -0.2) is 4.98 Å². The Balaban J connectivity index is 1.77. The van der Waals surface area contributed by atoms with Crippen LogP contribution in [-0.2, 0) is 17.4 Å². The number of aromatic nitrogens is 1. The SMILES string of the molecule is O=C1C2=CC=CCN2C(Cc2cnc(Cl)s2)N(O)C1c1cc(Cl)cc(C(F)(F)F)c1. The smallest absolute Gasteiger partial charge is 0.347 e. The average Bonchev–Trinajstić information content (AvgIpc) is 3.09. The van der Waals surface area contributed by atoms with Gasteiger partial charge in [-0.1, -0.05) is 35.4 Å². The van der Waals surface area contributed by atoms with Gasteiger partial charge in [0.25, 0.3) is 0 Å². The number of halogens is 5. The maximum atomic E-state index is 13.3. The number of nitrogens with zero attached hydrogens (tertiary/aromatic N) is 3. The van der Waals surface area contributed by atoms with Crippen molar-refractivity contribution in [3.63, 3.8) is 0 Å². The van der Waals surface area contributed by atoms with Crippen LogP contribution in [-0.4, -0.2) is 38.6 Å². The van der Waals surface area contributed by atoms with Crippen LogP contribution in [0.2, 0.25) is 9.49 Å². The Morgan fingerprint density at radius 3 is 2.70 bits per heavy atom. The molecular formula is C19H14Cl2F3N3O2S. The Morgan fingerprint density at radius 1 is 1.27 bits per heavy atom. The van der Waals surface area contributed by atoms with E-state index in [1.54, 1.807) is 23.2 Å². The first-order valence-corrected chi connectivity index (χ1v) is 10.3. The minimum Gasteiger partial charge on any atom is -0.347 e. The third-order valence-electron chi connectivity index (χ3n) is 4.90. The summed E-state index contributed by atoms with van der Waals surface area (Å²) in [4.78, 5) is 19.6. The number of hydrogen-bond donors (Lipinski definition) is 1. The second-order valence-electron chi connectivity index (χ2n) is 6.81. The molecule has 1 aromatic heterocycles. The van der Waals surface area contributed by atoms with Gasteiger partial charge in [0.2, 0.25) is 5.78 Å². The lowest BCUT2D eigenvalue weighted by atomic mass is 9.92. The van der Waals surface area contributed by atoms with Gasteiger partial charge >= 0.3 is 6.18 Å². The highest BCUT2D eigenvalue weighted by atomic mass is 35.5. The maximum Gasteiger partial charge on any atom is 0.416 e. The average molecular weight is 476 g/mol. The van der Waals surface area contributed by atoms with Crippen molar-refractivity contribution < 1.29 is 23.2 Å². The fourth-order valence-electron chi connectivity index (χ4n) is 3.61.